The molecule has 2 aromatic carbocycles. The Hall–Kier alpha value is -2.82. The van der Waals surface area contributed by atoms with Crippen LogP contribution in [0.4, 0.5) is 17.1 Å². The maximum atomic E-state index is 13.1. The van der Waals surface area contributed by atoms with Crippen molar-refractivity contribution in [1.29, 1.82) is 0 Å². The Balaban J connectivity index is 1.30. The molecule has 2 fully saturated rings. The van der Waals surface area contributed by atoms with Gasteiger partial charge in [0.25, 0.3) is 0 Å². The lowest BCUT2D eigenvalue weighted by Crippen LogP contribution is -2.36. The number of carbonyl (C=O) groups excluding carboxylic acids is 2. The number of benzene rings is 2. The van der Waals surface area contributed by atoms with Gasteiger partial charge in [0.15, 0.2) is 0 Å². The second-order valence-electron chi connectivity index (χ2n) is 7.98. The summed E-state index contributed by atoms with van der Waals surface area (Å²) in [5.74, 6) is -0.147. The van der Waals surface area contributed by atoms with Crippen LogP contribution >= 0.6 is 0 Å². The summed E-state index contributed by atoms with van der Waals surface area (Å²) in [7, 11) is 0. The first-order chi connectivity index (χ1) is 13.7. The van der Waals surface area contributed by atoms with Gasteiger partial charge in [0.1, 0.15) is 0 Å². The number of hydrogen-bond donors (Lipinski definition) is 0. The minimum atomic E-state index is -0.267. The van der Waals surface area contributed by atoms with Crippen molar-refractivity contribution in [1.82, 2.24) is 0 Å². The average molecular weight is 375 g/mol. The first-order valence-corrected chi connectivity index (χ1v) is 10.3. The second kappa shape index (κ2) is 6.97. The molecule has 2 aromatic rings. The minimum Gasteiger partial charge on any atom is -0.372 e. The lowest BCUT2D eigenvalue weighted by Gasteiger charge is -2.22. The Morgan fingerprint density at radius 1 is 0.893 bits per heavy atom. The number of fused-ring (bicyclic) bond motifs is 1. The molecule has 3 aliphatic heterocycles. The fraction of sp³-hybridized carbons (Fsp3) is 0.391. The summed E-state index contributed by atoms with van der Waals surface area (Å²) in [6.45, 7) is 3.40. The standard InChI is InChI=1S/C23H25N3O2/c27-22-15-18(23(28)25-14-11-17-5-1-2-6-21(17)25)16-26(22)20-9-7-19(8-10-20)24-12-3-4-13-24/h1-2,5-10,18H,3-4,11-16H2. The van der Waals surface area contributed by atoms with E-state index >= 15 is 0 Å². The third-order valence-electron chi connectivity index (χ3n) is 6.26. The summed E-state index contributed by atoms with van der Waals surface area (Å²) >= 11 is 0. The molecule has 2 saturated heterocycles. The molecule has 3 heterocycles. The maximum Gasteiger partial charge on any atom is 0.232 e. The highest BCUT2D eigenvalue weighted by atomic mass is 16.2. The normalized spacial score (nSPS) is 21.5. The SMILES string of the molecule is O=C1CC(C(=O)N2CCc3ccccc32)CN1c1ccc(N2CCCC2)cc1. The van der Waals surface area contributed by atoms with E-state index in [2.05, 4.69) is 23.1 Å². The van der Waals surface area contributed by atoms with Crippen LogP contribution in [0.1, 0.15) is 24.8 Å². The molecule has 28 heavy (non-hydrogen) atoms. The quantitative estimate of drug-likeness (QED) is 0.827. The number of carbonyl (C=O) groups is 2. The van der Waals surface area contributed by atoms with Crippen LogP contribution in [0.3, 0.4) is 0 Å². The fourth-order valence-corrected chi connectivity index (χ4v) is 4.73. The van der Waals surface area contributed by atoms with Crippen LogP contribution < -0.4 is 14.7 Å². The molecule has 0 radical (unpaired) electrons. The zero-order valence-electron chi connectivity index (χ0n) is 16.0. The van der Waals surface area contributed by atoms with Crippen molar-refractivity contribution in [2.45, 2.75) is 25.7 Å². The lowest BCUT2D eigenvalue weighted by molar-refractivity contribution is -0.124. The molecule has 3 aliphatic rings. The number of anilines is 3. The molecule has 2 amide bonds. The van der Waals surface area contributed by atoms with Gasteiger partial charge in [0.2, 0.25) is 11.8 Å². The maximum absolute atomic E-state index is 13.1. The van der Waals surface area contributed by atoms with Crippen LogP contribution in [0, 0.1) is 5.92 Å². The van der Waals surface area contributed by atoms with Gasteiger partial charge in [-0.3, -0.25) is 9.59 Å². The van der Waals surface area contributed by atoms with E-state index in [9.17, 15) is 9.59 Å². The number of amides is 2. The fourth-order valence-electron chi connectivity index (χ4n) is 4.73. The van der Waals surface area contributed by atoms with Crippen molar-refractivity contribution in [3.05, 3.63) is 54.1 Å². The molecular formula is C23H25N3O2. The van der Waals surface area contributed by atoms with Gasteiger partial charge in [-0.2, -0.15) is 0 Å². The summed E-state index contributed by atoms with van der Waals surface area (Å²) in [6, 6.07) is 16.3. The summed E-state index contributed by atoms with van der Waals surface area (Å²) in [4.78, 5) is 31.8. The topological polar surface area (TPSA) is 43.9 Å². The van der Waals surface area contributed by atoms with Crippen molar-refractivity contribution in [3.8, 4) is 0 Å². The third kappa shape index (κ3) is 2.95. The second-order valence-corrected chi connectivity index (χ2v) is 7.98. The molecule has 0 spiro atoms. The van der Waals surface area contributed by atoms with Crippen molar-refractivity contribution in [2.75, 3.05) is 40.9 Å². The van der Waals surface area contributed by atoms with Crippen LogP contribution in [0.5, 0.6) is 0 Å². The Bertz CT molecular complexity index is 902. The van der Waals surface area contributed by atoms with Crippen LogP contribution in [-0.2, 0) is 16.0 Å². The first kappa shape index (κ1) is 17.3. The van der Waals surface area contributed by atoms with Crippen LogP contribution in [-0.4, -0.2) is 38.0 Å². The predicted molar refractivity (Wildman–Crippen MR) is 111 cm³/mol. The molecule has 5 heteroatoms. The monoisotopic (exact) mass is 375 g/mol. The molecule has 0 aliphatic carbocycles. The van der Waals surface area contributed by atoms with E-state index in [1.54, 1.807) is 4.90 Å². The summed E-state index contributed by atoms with van der Waals surface area (Å²) in [5.41, 5.74) is 4.34. The van der Waals surface area contributed by atoms with Gasteiger partial charge in [-0.15, -0.1) is 0 Å². The van der Waals surface area contributed by atoms with E-state index in [0.717, 1.165) is 30.9 Å². The van der Waals surface area contributed by atoms with E-state index < -0.39 is 0 Å². The summed E-state index contributed by atoms with van der Waals surface area (Å²) < 4.78 is 0. The van der Waals surface area contributed by atoms with Crippen LogP contribution in [0.15, 0.2) is 48.5 Å². The number of hydrogen-bond acceptors (Lipinski definition) is 3. The zero-order chi connectivity index (χ0) is 19.1. The Labute approximate surface area is 165 Å². The van der Waals surface area contributed by atoms with E-state index in [0.29, 0.717) is 19.5 Å². The summed E-state index contributed by atoms with van der Waals surface area (Å²) in [6.07, 6.45) is 3.68. The zero-order valence-corrected chi connectivity index (χ0v) is 16.0. The number of para-hydroxylation sites is 1. The molecule has 5 rings (SSSR count). The van der Waals surface area contributed by atoms with E-state index in [4.69, 9.17) is 0 Å². The lowest BCUT2D eigenvalue weighted by atomic mass is 10.1. The highest BCUT2D eigenvalue weighted by molar-refractivity contribution is 6.05. The average Bonchev–Trinajstić information content (AvgIpc) is 3.47. The Morgan fingerprint density at radius 3 is 2.39 bits per heavy atom. The molecule has 0 N–H and O–H groups in total. The predicted octanol–water partition coefficient (Wildman–Crippen LogP) is 3.23. The van der Waals surface area contributed by atoms with E-state index in [-0.39, 0.29) is 17.7 Å². The number of nitrogens with zero attached hydrogens (tertiary/aromatic N) is 3. The van der Waals surface area contributed by atoms with Crippen molar-refractivity contribution in [2.24, 2.45) is 5.92 Å². The molecule has 0 aromatic heterocycles. The molecule has 1 atom stereocenters. The molecule has 144 valence electrons. The third-order valence-corrected chi connectivity index (χ3v) is 6.26. The van der Waals surface area contributed by atoms with Crippen molar-refractivity contribution >= 4 is 28.9 Å². The van der Waals surface area contributed by atoms with Crippen LogP contribution in [0.2, 0.25) is 0 Å². The van der Waals surface area contributed by atoms with Gasteiger partial charge in [-0.25, -0.2) is 0 Å². The van der Waals surface area contributed by atoms with Crippen molar-refractivity contribution < 1.29 is 9.59 Å². The molecule has 5 nitrogen and oxygen atoms in total. The van der Waals surface area contributed by atoms with Gasteiger partial charge < -0.3 is 14.7 Å². The van der Waals surface area contributed by atoms with E-state index in [1.807, 2.05) is 35.2 Å². The smallest absolute Gasteiger partial charge is 0.232 e. The Morgan fingerprint density at radius 2 is 1.61 bits per heavy atom. The van der Waals surface area contributed by atoms with E-state index in [1.165, 1.54) is 24.1 Å². The van der Waals surface area contributed by atoms with Crippen molar-refractivity contribution in [3.63, 3.8) is 0 Å². The number of rotatable bonds is 3. The van der Waals surface area contributed by atoms with Gasteiger partial charge >= 0.3 is 0 Å². The van der Waals surface area contributed by atoms with Crippen LogP contribution in [0.25, 0.3) is 0 Å². The highest BCUT2D eigenvalue weighted by Gasteiger charge is 2.39. The van der Waals surface area contributed by atoms with Gasteiger partial charge in [-0.05, 0) is 55.2 Å². The Kier molecular flexibility index (Phi) is 4.30. The largest absolute Gasteiger partial charge is 0.372 e. The molecule has 0 bridgehead atoms. The summed E-state index contributed by atoms with van der Waals surface area (Å²) in [5, 5.41) is 0. The molecular weight excluding hydrogens is 350 g/mol. The highest BCUT2D eigenvalue weighted by Crippen LogP contribution is 2.33. The molecule has 1 unspecified atom stereocenters. The first-order valence-electron chi connectivity index (χ1n) is 10.3. The van der Waals surface area contributed by atoms with Gasteiger partial charge in [-0.1, -0.05) is 18.2 Å². The minimum absolute atomic E-state index is 0.0414. The van der Waals surface area contributed by atoms with Gasteiger partial charge in [0.05, 0.1) is 5.92 Å². The molecule has 0 saturated carbocycles. The van der Waals surface area contributed by atoms with Gasteiger partial charge in [0, 0.05) is 49.7 Å².